The van der Waals surface area contributed by atoms with Gasteiger partial charge in [0, 0.05) is 18.1 Å². The molecule has 102 valence electrons. The highest BCUT2D eigenvalue weighted by Crippen LogP contribution is 2.23. The first-order chi connectivity index (χ1) is 8.00. The summed E-state index contributed by atoms with van der Waals surface area (Å²) in [4.78, 5) is 2.61. The van der Waals surface area contributed by atoms with Gasteiger partial charge in [0.2, 0.25) is 0 Å². The van der Waals surface area contributed by atoms with Gasteiger partial charge in [-0.05, 0) is 52.6 Å². The molecule has 3 nitrogen and oxygen atoms in total. The van der Waals surface area contributed by atoms with Crippen LogP contribution in [-0.4, -0.2) is 48.3 Å². The number of hydrogen-bond acceptors (Lipinski definition) is 3. The summed E-state index contributed by atoms with van der Waals surface area (Å²) in [7, 11) is 1.93. The second-order valence-electron chi connectivity index (χ2n) is 6.11. The Morgan fingerprint density at radius 3 is 2.53 bits per heavy atom. The number of aliphatic hydroxyl groups excluding tert-OH is 1. The monoisotopic (exact) mass is 242 g/mol. The van der Waals surface area contributed by atoms with Crippen LogP contribution in [0.4, 0.5) is 0 Å². The molecule has 0 spiro atoms. The number of hydrogen-bond donors (Lipinski definition) is 2. The van der Waals surface area contributed by atoms with Gasteiger partial charge in [-0.15, -0.1) is 0 Å². The SMILES string of the molecule is CNC(C)(CO)CCCCN1CC(C)CC1C. The lowest BCUT2D eigenvalue weighted by atomic mass is 9.96. The number of likely N-dealkylation sites (tertiary alicyclic amines) is 1. The summed E-state index contributed by atoms with van der Waals surface area (Å²) in [6, 6.07) is 0.763. The van der Waals surface area contributed by atoms with Crippen molar-refractivity contribution in [3.8, 4) is 0 Å². The van der Waals surface area contributed by atoms with E-state index in [0.717, 1.165) is 18.4 Å². The Bertz CT molecular complexity index is 216. The number of aliphatic hydroxyl groups is 1. The lowest BCUT2D eigenvalue weighted by Gasteiger charge is -2.27. The fourth-order valence-corrected chi connectivity index (χ4v) is 2.81. The lowest BCUT2D eigenvalue weighted by Crippen LogP contribution is -2.43. The summed E-state index contributed by atoms with van der Waals surface area (Å²) in [5.74, 6) is 0.866. The van der Waals surface area contributed by atoms with E-state index in [1.54, 1.807) is 0 Å². The average Bonchev–Trinajstić information content (AvgIpc) is 2.63. The van der Waals surface area contributed by atoms with Crippen molar-refractivity contribution in [2.45, 2.75) is 58.0 Å². The van der Waals surface area contributed by atoms with Crippen LogP contribution in [0.3, 0.4) is 0 Å². The van der Waals surface area contributed by atoms with Crippen molar-refractivity contribution in [3.05, 3.63) is 0 Å². The van der Waals surface area contributed by atoms with Gasteiger partial charge in [-0.1, -0.05) is 13.3 Å². The molecule has 0 bridgehead atoms. The number of rotatable bonds is 7. The molecule has 0 saturated carbocycles. The Labute approximate surface area is 107 Å². The van der Waals surface area contributed by atoms with Crippen LogP contribution in [0.25, 0.3) is 0 Å². The highest BCUT2D eigenvalue weighted by Gasteiger charge is 2.25. The molecule has 3 unspecified atom stereocenters. The summed E-state index contributed by atoms with van der Waals surface area (Å²) < 4.78 is 0. The Morgan fingerprint density at radius 2 is 2.06 bits per heavy atom. The molecule has 1 aliphatic heterocycles. The van der Waals surface area contributed by atoms with Crippen molar-refractivity contribution in [3.63, 3.8) is 0 Å². The van der Waals surface area contributed by atoms with Crippen LogP contribution in [0, 0.1) is 5.92 Å². The van der Waals surface area contributed by atoms with Crippen molar-refractivity contribution < 1.29 is 5.11 Å². The maximum absolute atomic E-state index is 9.30. The third-order valence-electron chi connectivity index (χ3n) is 4.29. The summed E-state index contributed by atoms with van der Waals surface area (Å²) in [6.07, 6.45) is 4.84. The average molecular weight is 242 g/mol. The number of nitrogens with zero attached hydrogens (tertiary/aromatic N) is 1. The second-order valence-corrected chi connectivity index (χ2v) is 6.11. The largest absolute Gasteiger partial charge is 0.394 e. The number of nitrogens with one attached hydrogen (secondary N) is 1. The van der Waals surface area contributed by atoms with Crippen molar-refractivity contribution in [1.29, 1.82) is 0 Å². The molecule has 3 atom stereocenters. The molecular weight excluding hydrogens is 212 g/mol. The quantitative estimate of drug-likeness (QED) is 0.669. The summed E-state index contributed by atoms with van der Waals surface area (Å²) in [5, 5.41) is 12.5. The molecule has 17 heavy (non-hydrogen) atoms. The Morgan fingerprint density at radius 1 is 1.35 bits per heavy atom. The molecule has 0 radical (unpaired) electrons. The lowest BCUT2D eigenvalue weighted by molar-refractivity contribution is 0.168. The Kier molecular flexibility index (Phi) is 5.90. The van der Waals surface area contributed by atoms with E-state index in [0.29, 0.717) is 0 Å². The van der Waals surface area contributed by atoms with Crippen LogP contribution in [0.2, 0.25) is 0 Å². The third-order valence-corrected chi connectivity index (χ3v) is 4.29. The van der Waals surface area contributed by atoms with Gasteiger partial charge in [0.1, 0.15) is 0 Å². The predicted molar refractivity (Wildman–Crippen MR) is 73.2 cm³/mol. The van der Waals surface area contributed by atoms with Gasteiger partial charge in [-0.3, -0.25) is 0 Å². The third kappa shape index (κ3) is 4.57. The van der Waals surface area contributed by atoms with Gasteiger partial charge in [-0.25, -0.2) is 0 Å². The van der Waals surface area contributed by atoms with Crippen molar-refractivity contribution >= 4 is 0 Å². The van der Waals surface area contributed by atoms with E-state index in [1.165, 1.54) is 32.4 Å². The fraction of sp³-hybridized carbons (Fsp3) is 1.00. The molecule has 0 aromatic rings. The predicted octanol–water partition coefficient (Wildman–Crippen LogP) is 1.86. The van der Waals surface area contributed by atoms with Gasteiger partial charge in [0.25, 0.3) is 0 Å². The second kappa shape index (κ2) is 6.72. The molecule has 0 aromatic carbocycles. The molecule has 0 amide bonds. The van der Waals surface area contributed by atoms with Crippen molar-refractivity contribution in [1.82, 2.24) is 10.2 Å². The maximum atomic E-state index is 9.30. The molecule has 1 saturated heterocycles. The van der Waals surface area contributed by atoms with E-state index in [9.17, 15) is 5.11 Å². The van der Waals surface area contributed by atoms with Crippen molar-refractivity contribution in [2.24, 2.45) is 5.92 Å². The van der Waals surface area contributed by atoms with Gasteiger partial charge < -0.3 is 15.3 Å². The van der Waals surface area contributed by atoms with E-state index < -0.39 is 0 Å². The minimum Gasteiger partial charge on any atom is -0.394 e. The molecule has 0 aliphatic carbocycles. The zero-order chi connectivity index (χ0) is 12.9. The molecule has 1 rings (SSSR count). The van der Waals surface area contributed by atoms with Gasteiger partial charge in [-0.2, -0.15) is 0 Å². The van der Waals surface area contributed by atoms with Crippen LogP contribution in [0.1, 0.15) is 46.5 Å². The Hall–Kier alpha value is -0.120. The van der Waals surface area contributed by atoms with Crippen LogP contribution in [0.5, 0.6) is 0 Å². The summed E-state index contributed by atoms with van der Waals surface area (Å²) >= 11 is 0. The van der Waals surface area contributed by atoms with E-state index in [2.05, 4.69) is 31.0 Å². The molecule has 1 fully saturated rings. The minimum atomic E-state index is -0.0933. The molecular formula is C14H30N2O. The highest BCUT2D eigenvalue weighted by molar-refractivity contribution is 4.82. The first-order valence-electron chi connectivity index (χ1n) is 7.04. The Balaban J connectivity index is 2.16. The fourth-order valence-electron chi connectivity index (χ4n) is 2.81. The highest BCUT2D eigenvalue weighted by atomic mass is 16.3. The zero-order valence-corrected chi connectivity index (χ0v) is 12.0. The topological polar surface area (TPSA) is 35.5 Å². The van der Waals surface area contributed by atoms with Crippen LogP contribution >= 0.6 is 0 Å². The van der Waals surface area contributed by atoms with E-state index in [-0.39, 0.29) is 12.1 Å². The number of unbranched alkanes of at least 4 members (excludes halogenated alkanes) is 1. The maximum Gasteiger partial charge on any atom is 0.0610 e. The molecule has 1 aliphatic rings. The minimum absolute atomic E-state index is 0.0933. The molecule has 1 heterocycles. The van der Waals surface area contributed by atoms with Crippen LogP contribution in [0.15, 0.2) is 0 Å². The van der Waals surface area contributed by atoms with Crippen LogP contribution in [-0.2, 0) is 0 Å². The summed E-state index contributed by atoms with van der Waals surface area (Å²) in [5.41, 5.74) is -0.0933. The van der Waals surface area contributed by atoms with E-state index in [4.69, 9.17) is 0 Å². The van der Waals surface area contributed by atoms with Crippen molar-refractivity contribution in [2.75, 3.05) is 26.7 Å². The van der Waals surface area contributed by atoms with Gasteiger partial charge in [0.15, 0.2) is 0 Å². The van der Waals surface area contributed by atoms with E-state index >= 15 is 0 Å². The normalized spacial score (nSPS) is 29.5. The first kappa shape index (κ1) is 14.9. The van der Waals surface area contributed by atoms with Gasteiger partial charge >= 0.3 is 0 Å². The van der Waals surface area contributed by atoms with E-state index in [1.807, 2.05) is 7.05 Å². The first-order valence-corrected chi connectivity index (χ1v) is 7.04. The smallest absolute Gasteiger partial charge is 0.0610 e. The molecule has 2 N–H and O–H groups in total. The zero-order valence-electron chi connectivity index (χ0n) is 12.0. The number of likely N-dealkylation sites (N-methyl/N-ethyl adjacent to an activating group) is 1. The summed E-state index contributed by atoms with van der Waals surface area (Å²) in [6.45, 7) is 9.49. The molecule has 3 heteroatoms. The van der Waals surface area contributed by atoms with Gasteiger partial charge in [0.05, 0.1) is 6.61 Å². The van der Waals surface area contributed by atoms with Crippen LogP contribution < -0.4 is 5.32 Å². The standard InChI is InChI=1S/C14H30N2O/c1-12-9-13(2)16(10-12)8-6-5-7-14(3,11-17)15-4/h12-13,15,17H,5-11H2,1-4H3. The molecule has 0 aromatic heterocycles.